The number of fused-ring (bicyclic) bond motifs is 2. The first-order chi connectivity index (χ1) is 6.33. The van der Waals surface area contributed by atoms with Gasteiger partial charge in [-0.3, -0.25) is 0 Å². The lowest BCUT2D eigenvalue weighted by atomic mass is 9.98. The zero-order valence-electron chi connectivity index (χ0n) is 9.74. The van der Waals surface area contributed by atoms with E-state index in [1.54, 1.807) is 0 Å². The highest BCUT2D eigenvalue weighted by Gasteiger charge is 2.34. The minimum Gasteiger partial charge on any atom is -0.311 e. The Hall–Kier alpha value is 0.500. The summed E-state index contributed by atoms with van der Waals surface area (Å²) in [5, 5.41) is 3.70. The van der Waals surface area contributed by atoms with Gasteiger partial charge in [-0.05, 0) is 38.8 Å². The lowest BCUT2D eigenvalue weighted by molar-refractivity contribution is 0.155. The number of nitrogens with one attached hydrogen (secondary N) is 1. The van der Waals surface area contributed by atoms with Crippen molar-refractivity contribution in [1.29, 1.82) is 0 Å². The summed E-state index contributed by atoms with van der Waals surface area (Å²) >= 11 is 0. The molecular weight excluding hydrogens is 231 g/mol. The van der Waals surface area contributed by atoms with Crippen LogP contribution in [0.15, 0.2) is 0 Å². The summed E-state index contributed by atoms with van der Waals surface area (Å²) in [4.78, 5) is 2.63. The fourth-order valence-electron chi connectivity index (χ4n) is 3.07. The van der Waals surface area contributed by atoms with Gasteiger partial charge in [-0.2, -0.15) is 0 Å². The Labute approximate surface area is 106 Å². The second-order valence-electron chi connectivity index (χ2n) is 4.48. The monoisotopic (exact) mass is 254 g/mol. The van der Waals surface area contributed by atoms with Crippen LogP contribution in [0.2, 0.25) is 0 Å². The average molecular weight is 255 g/mol. The van der Waals surface area contributed by atoms with Crippen LogP contribution in [0, 0.1) is 0 Å². The molecule has 2 atom stereocenters. The zero-order chi connectivity index (χ0) is 9.26. The number of hydrogen-bond donors (Lipinski definition) is 1. The van der Waals surface area contributed by atoms with Gasteiger partial charge in [0.15, 0.2) is 0 Å². The Kier molecular flexibility index (Phi) is 7.18. The Morgan fingerprint density at radius 1 is 1.00 bits per heavy atom. The maximum atomic E-state index is 3.70. The second kappa shape index (κ2) is 6.95. The third kappa shape index (κ3) is 3.48. The van der Waals surface area contributed by atoms with Crippen molar-refractivity contribution >= 4 is 24.8 Å². The van der Waals surface area contributed by atoms with Crippen molar-refractivity contribution in [2.75, 3.05) is 13.1 Å². The van der Waals surface area contributed by atoms with Gasteiger partial charge < -0.3 is 10.2 Å². The van der Waals surface area contributed by atoms with Gasteiger partial charge in [0.1, 0.15) is 0 Å². The highest BCUT2D eigenvalue weighted by Crippen LogP contribution is 2.29. The van der Waals surface area contributed by atoms with Crippen molar-refractivity contribution < 1.29 is 0 Å². The average Bonchev–Trinajstić information content (AvgIpc) is 2.48. The Morgan fingerprint density at radius 3 is 1.87 bits per heavy atom. The third-order valence-corrected chi connectivity index (χ3v) is 3.78. The van der Waals surface area contributed by atoms with Crippen LogP contribution in [0.3, 0.4) is 0 Å². The number of piperidine rings is 1. The molecule has 2 aliphatic heterocycles. The van der Waals surface area contributed by atoms with Crippen molar-refractivity contribution in [3.8, 4) is 0 Å². The van der Waals surface area contributed by atoms with Crippen LogP contribution in [-0.4, -0.2) is 36.1 Å². The van der Waals surface area contributed by atoms with E-state index >= 15 is 0 Å². The molecule has 0 aromatic heterocycles. The molecule has 4 heteroatoms. The fraction of sp³-hybridized carbons (Fsp3) is 1.00. The maximum absolute atomic E-state index is 3.70. The molecule has 2 saturated heterocycles. The van der Waals surface area contributed by atoms with Crippen molar-refractivity contribution in [2.45, 2.75) is 57.7 Å². The molecule has 0 radical (unpaired) electrons. The van der Waals surface area contributed by atoms with E-state index in [4.69, 9.17) is 0 Å². The number of halogens is 2. The molecule has 0 aromatic carbocycles. The van der Waals surface area contributed by atoms with Gasteiger partial charge in [0.2, 0.25) is 0 Å². The van der Waals surface area contributed by atoms with Crippen molar-refractivity contribution in [2.24, 2.45) is 0 Å². The van der Waals surface area contributed by atoms with Gasteiger partial charge in [-0.25, -0.2) is 0 Å². The molecule has 0 spiro atoms. The van der Waals surface area contributed by atoms with Gasteiger partial charge in [0.25, 0.3) is 0 Å². The van der Waals surface area contributed by atoms with Gasteiger partial charge >= 0.3 is 0 Å². The molecular formula is C11H24Cl2N2. The molecule has 2 unspecified atom stereocenters. The predicted molar refractivity (Wildman–Crippen MR) is 70.4 cm³/mol. The maximum Gasteiger partial charge on any atom is 0.0125 e. The van der Waals surface area contributed by atoms with Gasteiger partial charge in [-0.15, -0.1) is 24.8 Å². The smallest absolute Gasteiger partial charge is 0.0125 e. The highest BCUT2D eigenvalue weighted by atomic mass is 35.5. The largest absolute Gasteiger partial charge is 0.311 e. The molecule has 0 aromatic rings. The summed E-state index contributed by atoms with van der Waals surface area (Å²) in [6, 6.07) is 2.54. The molecule has 0 amide bonds. The summed E-state index contributed by atoms with van der Waals surface area (Å²) in [6.07, 6.45) is 5.61. The second-order valence-corrected chi connectivity index (χ2v) is 4.48. The minimum absolute atomic E-state index is 0. The fourth-order valence-corrected chi connectivity index (χ4v) is 3.07. The summed E-state index contributed by atoms with van der Waals surface area (Å²) in [6.45, 7) is 7.02. The molecule has 2 aliphatic rings. The van der Waals surface area contributed by atoms with E-state index in [9.17, 15) is 0 Å². The Morgan fingerprint density at radius 2 is 1.47 bits per heavy atom. The Balaban J connectivity index is 0.000000980. The van der Waals surface area contributed by atoms with E-state index in [1.807, 2.05) is 0 Å². The van der Waals surface area contributed by atoms with Gasteiger partial charge in [0.05, 0.1) is 0 Å². The summed E-state index contributed by atoms with van der Waals surface area (Å²) < 4.78 is 0. The lowest BCUT2D eigenvalue weighted by Gasteiger charge is -2.36. The predicted octanol–water partition coefficient (Wildman–Crippen LogP) is 2.45. The van der Waals surface area contributed by atoms with Crippen LogP contribution in [-0.2, 0) is 0 Å². The minimum atomic E-state index is 0. The van der Waals surface area contributed by atoms with Crippen molar-refractivity contribution in [1.82, 2.24) is 10.2 Å². The van der Waals surface area contributed by atoms with Crippen molar-refractivity contribution in [3.63, 3.8) is 0 Å². The lowest BCUT2D eigenvalue weighted by Crippen LogP contribution is -2.48. The quantitative estimate of drug-likeness (QED) is 0.833. The first-order valence-electron chi connectivity index (χ1n) is 5.83. The van der Waals surface area contributed by atoms with E-state index in [0.717, 1.165) is 18.1 Å². The molecule has 92 valence electrons. The van der Waals surface area contributed by atoms with E-state index < -0.39 is 0 Å². The topological polar surface area (TPSA) is 15.3 Å². The van der Waals surface area contributed by atoms with E-state index in [1.165, 1.54) is 38.8 Å². The molecule has 0 saturated carbocycles. The molecule has 1 N–H and O–H groups in total. The van der Waals surface area contributed by atoms with Crippen molar-refractivity contribution in [3.05, 3.63) is 0 Å². The van der Waals surface area contributed by atoms with Crippen LogP contribution in [0.4, 0.5) is 0 Å². The van der Waals surface area contributed by atoms with Gasteiger partial charge in [0, 0.05) is 18.1 Å². The summed E-state index contributed by atoms with van der Waals surface area (Å²) in [7, 11) is 0. The van der Waals surface area contributed by atoms with Crippen LogP contribution in [0.5, 0.6) is 0 Å². The normalized spacial score (nSPS) is 33.4. The molecule has 2 fully saturated rings. The van der Waals surface area contributed by atoms with Crippen LogP contribution in [0.25, 0.3) is 0 Å². The highest BCUT2D eigenvalue weighted by molar-refractivity contribution is 5.85. The van der Waals surface area contributed by atoms with Crippen LogP contribution < -0.4 is 5.32 Å². The molecule has 2 heterocycles. The standard InChI is InChI=1S/C11H22N2.2ClH/c1-3-13(4-2)11-7-9-5-6-10(8-11)12-9;;/h9-12H,3-8H2,1-2H3;2*1H. The van der Waals surface area contributed by atoms with Gasteiger partial charge in [-0.1, -0.05) is 13.8 Å². The third-order valence-electron chi connectivity index (χ3n) is 3.78. The molecule has 0 aliphatic carbocycles. The number of rotatable bonds is 3. The Bertz CT molecular complexity index is 162. The first kappa shape index (κ1) is 15.5. The van der Waals surface area contributed by atoms with Crippen LogP contribution in [0.1, 0.15) is 39.5 Å². The molecule has 2 nitrogen and oxygen atoms in total. The zero-order valence-corrected chi connectivity index (χ0v) is 11.4. The van der Waals surface area contributed by atoms with E-state index in [0.29, 0.717) is 0 Å². The number of hydrogen-bond acceptors (Lipinski definition) is 2. The van der Waals surface area contributed by atoms with E-state index in [-0.39, 0.29) is 24.8 Å². The van der Waals surface area contributed by atoms with Crippen LogP contribution >= 0.6 is 24.8 Å². The molecule has 2 bridgehead atoms. The first-order valence-corrected chi connectivity index (χ1v) is 5.83. The summed E-state index contributed by atoms with van der Waals surface area (Å²) in [5.74, 6) is 0. The molecule has 2 rings (SSSR count). The molecule has 15 heavy (non-hydrogen) atoms. The summed E-state index contributed by atoms with van der Waals surface area (Å²) in [5.41, 5.74) is 0. The SMILES string of the molecule is CCN(CC)C1CC2CCC(C1)N2.Cl.Cl. The number of nitrogens with zero attached hydrogens (tertiary/aromatic N) is 1. The van der Waals surface area contributed by atoms with E-state index in [2.05, 4.69) is 24.1 Å².